The summed E-state index contributed by atoms with van der Waals surface area (Å²) < 4.78 is 0. The molecule has 0 heterocycles. The van der Waals surface area contributed by atoms with Crippen molar-refractivity contribution in [1.82, 2.24) is 0 Å². The van der Waals surface area contributed by atoms with Gasteiger partial charge < -0.3 is 10.8 Å². The number of hydrogen-bond donors (Lipinski definition) is 2. The predicted molar refractivity (Wildman–Crippen MR) is 77.6 cm³/mol. The lowest BCUT2D eigenvalue weighted by atomic mass is 9.78. The number of hydrogen-bond acceptors (Lipinski definition) is 2. The van der Waals surface area contributed by atoms with Crippen molar-refractivity contribution < 1.29 is 9.90 Å². The largest absolute Gasteiger partial charge is 0.508 e. The Morgan fingerprint density at radius 1 is 1.28 bits per heavy atom. The van der Waals surface area contributed by atoms with Gasteiger partial charge >= 0.3 is 0 Å². The number of primary amides is 1. The summed E-state index contributed by atoms with van der Waals surface area (Å²) in [5.74, 6) is 0.813. The quantitative estimate of drug-likeness (QED) is 0.750. The summed E-state index contributed by atoms with van der Waals surface area (Å²) in [7, 11) is 0. The Labute approximate surface area is 111 Å². The molecule has 1 amide bonds. The van der Waals surface area contributed by atoms with Gasteiger partial charge in [-0.2, -0.15) is 0 Å². The van der Waals surface area contributed by atoms with Crippen LogP contribution in [0.5, 0.6) is 5.75 Å². The van der Waals surface area contributed by atoms with Crippen LogP contribution in [0.15, 0.2) is 24.3 Å². The summed E-state index contributed by atoms with van der Waals surface area (Å²) in [4.78, 5) is 8.58. The first-order valence-electron chi connectivity index (χ1n) is 6.27. The molecular formula is C15H27NO2. The fourth-order valence-corrected chi connectivity index (χ4v) is 1.29. The molecule has 0 radical (unpaired) electrons. The zero-order chi connectivity index (χ0) is 14.8. The lowest BCUT2D eigenvalue weighted by Gasteiger charge is -2.27. The van der Waals surface area contributed by atoms with E-state index in [9.17, 15) is 5.11 Å². The van der Waals surface area contributed by atoms with Gasteiger partial charge in [-0.3, -0.25) is 4.79 Å². The SMILES string of the molecule is CC.CC(c1cccc(O)c1)C(C)(C)C.NC=O. The van der Waals surface area contributed by atoms with E-state index in [0.717, 1.165) is 0 Å². The van der Waals surface area contributed by atoms with Crippen LogP contribution in [0.1, 0.15) is 53.0 Å². The zero-order valence-corrected chi connectivity index (χ0v) is 12.4. The smallest absolute Gasteiger partial charge is 0.204 e. The van der Waals surface area contributed by atoms with Crippen molar-refractivity contribution in [3.8, 4) is 5.75 Å². The highest BCUT2D eigenvalue weighted by molar-refractivity contribution is 5.42. The minimum absolute atomic E-state index is 0.244. The van der Waals surface area contributed by atoms with Crippen LogP contribution in [-0.4, -0.2) is 11.5 Å². The average Bonchev–Trinajstić information content (AvgIpc) is 2.30. The highest BCUT2D eigenvalue weighted by atomic mass is 16.3. The molecule has 18 heavy (non-hydrogen) atoms. The van der Waals surface area contributed by atoms with E-state index < -0.39 is 0 Å². The normalized spacial score (nSPS) is 11.2. The van der Waals surface area contributed by atoms with Crippen LogP contribution in [-0.2, 0) is 4.79 Å². The molecule has 0 aromatic heterocycles. The molecule has 1 unspecified atom stereocenters. The van der Waals surface area contributed by atoms with Gasteiger partial charge in [0, 0.05) is 0 Å². The molecule has 1 aromatic carbocycles. The van der Waals surface area contributed by atoms with Gasteiger partial charge in [0.1, 0.15) is 5.75 Å². The van der Waals surface area contributed by atoms with E-state index in [-0.39, 0.29) is 11.8 Å². The van der Waals surface area contributed by atoms with Gasteiger partial charge in [0.15, 0.2) is 0 Å². The Kier molecular flexibility index (Phi) is 9.96. The van der Waals surface area contributed by atoms with Crippen molar-refractivity contribution in [2.75, 3.05) is 0 Å². The van der Waals surface area contributed by atoms with Gasteiger partial charge in [0.25, 0.3) is 0 Å². The second kappa shape index (κ2) is 9.51. The third kappa shape index (κ3) is 7.71. The lowest BCUT2D eigenvalue weighted by Crippen LogP contribution is -2.14. The molecule has 3 nitrogen and oxygen atoms in total. The van der Waals surface area contributed by atoms with E-state index in [0.29, 0.717) is 11.7 Å². The zero-order valence-electron chi connectivity index (χ0n) is 12.4. The Hall–Kier alpha value is -1.51. The van der Waals surface area contributed by atoms with Gasteiger partial charge in [-0.05, 0) is 29.0 Å². The number of benzene rings is 1. The Bertz CT molecular complexity index is 330. The Morgan fingerprint density at radius 2 is 1.72 bits per heavy atom. The van der Waals surface area contributed by atoms with Gasteiger partial charge in [0.2, 0.25) is 6.41 Å². The number of carbonyl (C=O) groups excluding carboxylic acids is 1. The van der Waals surface area contributed by atoms with Gasteiger partial charge in [0.05, 0.1) is 0 Å². The van der Waals surface area contributed by atoms with Crippen LogP contribution in [0.3, 0.4) is 0 Å². The van der Waals surface area contributed by atoms with Crippen molar-refractivity contribution in [2.45, 2.75) is 47.5 Å². The van der Waals surface area contributed by atoms with Crippen molar-refractivity contribution >= 4 is 6.41 Å². The van der Waals surface area contributed by atoms with E-state index in [1.165, 1.54) is 5.56 Å². The maximum Gasteiger partial charge on any atom is 0.204 e. The van der Waals surface area contributed by atoms with Crippen molar-refractivity contribution in [3.63, 3.8) is 0 Å². The summed E-state index contributed by atoms with van der Waals surface area (Å²) in [5.41, 5.74) is 5.61. The molecule has 0 bridgehead atoms. The summed E-state index contributed by atoms with van der Waals surface area (Å²) in [6.45, 7) is 12.8. The summed E-state index contributed by atoms with van der Waals surface area (Å²) >= 11 is 0. The molecule has 0 spiro atoms. The molecule has 1 aromatic rings. The summed E-state index contributed by atoms with van der Waals surface area (Å²) in [6.07, 6.45) is 0.250. The van der Waals surface area contributed by atoms with E-state index in [4.69, 9.17) is 4.79 Å². The predicted octanol–water partition coefficient (Wildman–Crippen LogP) is 3.67. The minimum Gasteiger partial charge on any atom is -0.508 e. The van der Waals surface area contributed by atoms with Crippen molar-refractivity contribution in [1.29, 1.82) is 0 Å². The van der Waals surface area contributed by atoms with Crippen LogP contribution in [0, 0.1) is 5.41 Å². The highest BCUT2D eigenvalue weighted by Gasteiger charge is 2.21. The topological polar surface area (TPSA) is 63.3 Å². The second-order valence-corrected chi connectivity index (χ2v) is 4.82. The molecule has 1 atom stereocenters. The van der Waals surface area contributed by atoms with E-state index in [2.05, 4.69) is 39.5 Å². The molecule has 0 saturated heterocycles. The molecule has 0 saturated carbocycles. The monoisotopic (exact) mass is 253 g/mol. The third-order valence-electron chi connectivity index (χ3n) is 2.67. The molecule has 0 fully saturated rings. The maximum absolute atomic E-state index is 9.33. The lowest BCUT2D eigenvalue weighted by molar-refractivity contribution is -0.106. The summed E-state index contributed by atoms with van der Waals surface area (Å²) in [5, 5.41) is 9.33. The molecule has 0 aliphatic rings. The standard InChI is InChI=1S/C12H18O.C2H6.CH3NO/c1-9(12(2,3)4)10-6-5-7-11(13)8-10;1-2;2-1-3/h5-9,13H,1-4H3;1-2H3;1H,(H2,2,3). The molecule has 3 heteroatoms. The van der Waals surface area contributed by atoms with Crippen LogP contribution in [0.25, 0.3) is 0 Å². The molecule has 1 rings (SSSR count). The fraction of sp³-hybridized carbons (Fsp3) is 0.533. The van der Waals surface area contributed by atoms with Crippen LogP contribution >= 0.6 is 0 Å². The second-order valence-electron chi connectivity index (χ2n) is 4.82. The molecular weight excluding hydrogens is 226 g/mol. The van der Waals surface area contributed by atoms with Crippen LogP contribution < -0.4 is 5.73 Å². The minimum atomic E-state index is 0.244. The molecule has 0 aliphatic carbocycles. The third-order valence-corrected chi connectivity index (χ3v) is 2.67. The van der Waals surface area contributed by atoms with Crippen molar-refractivity contribution in [3.05, 3.63) is 29.8 Å². The average molecular weight is 253 g/mol. The number of carbonyl (C=O) groups is 1. The number of amides is 1. The number of aromatic hydroxyl groups is 1. The van der Waals surface area contributed by atoms with Crippen LogP contribution in [0.2, 0.25) is 0 Å². The Morgan fingerprint density at radius 3 is 2.06 bits per heavy atom. The van der Waals surface area contributed by atoms with E-state index in [1.807, 2.05) is 26.0 Å². The molecule has 0 aliphatic heterocycles. The number of nitrogens with two attached hydrogens (primary N) is 1. The number of phenols is 1. The van der Waals surface area contributed by atoms with Gasteiger partial charge in [-0.25, -0.2) is 0 Å². The Balaban J connectivity index is 0. The highest BCUT2D eigenvalue weighted by Crippen LogP contribution is 2.35. The number of rotatable bonds is 1. The molecule has 104 valence electrons. The fourth-order valence-electron chi connectivity index (χ4n) is 1.29. The van der Waals surface area contributed by atoms with Gasteiger partial charge in [-0.15, -0.1) is 0 Å². The first-order chi connectivity index (χ1) is 8.32. The summed E-state index contributed by atoms with van der Waals surface area (Å²) in [6, 6.07) is 7.51. The van der Waals surface area contributed by atoms with E-state index in [1.54, 1.807) is 6.07 Å². The maximum atomic E-state index is 9.33. The van der Waals surface area contributed by atoms with Crippen LogP contribution in [0.4, 0.5) is 0 Å². The first-order valence-corrected chi connectivity index (χ1v) is 6.27. The first kappa shape index (κ1) is 18.8. The number of phenolic OH excluding ortho intramolecular Hbond substituents is 1. The molecule has 3 N–H and O–H groups in total. The van der Waals surface area contributed by atoms with Gasteiger partial charge in [-0.1, -0.05) is 53.7 Å². The van der Waals surface area contributed by atoms with E-state index >= 15 is 0 Å². The van der Waals surface area contributed by atoms with Crippen molar-refractivity contribution in [2.24, 2.45) is 11.1 Å².